The predicted octanol–water partition coefficient (Wildman–Crippen LogP) is 2.49. The number of nitrogens with zero attached hydrogens (tertiary/aromatic N) is 3. The van der Waals surface area contributed by atoms with Crippen molar-refractivity contribution in [2.45, 2.75) is 49.1 Å². The second kappa shape index (κ2) is 8.09. The minimum Gasteiger partial charge on any atom is -0.393 e. The average Bonchev–Trinajstić information content (AvgIpc) is 3.32. The van der Waals surface area contributed by atoms with Crippen LogP contribution in [-0.2, 0) is 34.5 Å². The normalized spacial score (nSPS) is 17.5. The number of aliphatic hydroxyl groups excluding tert-OH is 1. The van der Waals surface area contributed by atoms with Crippen molar-refractivity contribution < 1.29 is 32.4 Å². The monoisotopic (exact) mass is 479 g/mol. The van der Waals surface area contributed by atoms with E-state index < -0.39 is 40.0 Å². The van der Waals surface area contributed by atoms with Crippen LogP contribution in [0.2, 0.25) is 0 Å². The van der Waals surface area contributed by atoms with Crippen molar-refractivity contribution >= 4 is 33.0 Å². The summed E-state index contributed by atoms with van der Waals surface area (Å²) < 4.78 is 56.1. The molecule has 0 radical (unpaired) electrons. The zero-order valence-corrected chi connectivity index (χ0v) is 18.1. The summed E-state index contributed by atoms with van der Waals surface area (Å²) in [4.78, 5) is 20.0. The van der Waals surface area contributed by atoms with E-state index in [1.807, 2.05) is 0 Å². The number of hydrogen-bond acceptors (Lipinski definition) is 7. The number of pyridine rings is 1. The summed E-state index contributed by atoms with van der Waals surface area (Å²) in [6.45, 7) is 1.82. The van der Waals surface area contributed by atoms with Crippen LogP contribution in [0.1, 0.15) is 40.9 Å². The van der Waals surface area contributed by atoms with E-state index in [4.69, 9.17) is 5.14 Å². The van der Waals surface area contributed by atoms with Crippen LogP contribution in [0.15, 0.2) is 14.8 Å². The summed E-state index contributed by atoms with van der Waals surface area (Å²) in [5.41, 5.74) is -2.40. The van der Waals surface area contributed by atoms with Gasteiger partial charge in [0.25, 0.3) is 0 Å². The van der Waals surface area contributed by atoms with Gasteiger partial charge in [-0.2, -0.15) is 13.2 Å². The lowest BCUT2D eigenvalue weighted by Gasteiger charge is -2.17. The van der Waals surface area contributed by atoms with Gasteiger partial charge in [-0.15, -0.1) is 15.7 Å². The number of nitrogens with one attached hydrogen (secondary N) is 1. The summed E-state index contributed by atoms with van der Waals surface area (Å²) in [5.74, 6) is 0. The SMILES string of the molecule is Cc1c(C(F)(F)F)nc2c(c1NC(=O)N=S(N)(=O)c1cnc([C@](C)(O)CO)s1)CCC2. The Balaban J connectivity index is 1.96. The Kier molecular flexibility index (Phi) is 6.14. The number of nitrogens with two attached hydrogens (primary N) is 1. The van der Waals surface area contributed by atoms with Gasteiger partial charge in [-0.1, -0.05) is 0 Å². The number of aliphatic hydroxyl groups is 2. The molecule has 9 nitrogen and oxygen atoms in total. The third-order valence-electron chi connectivity index (χ3n) is 4.73. The third kappa shape index (κ3) is 4.72. The second-order valence-corrected chi connectivity index (χ2v) is 10.3. The van der Waals surface area contributed by atoms with Gasteiger partial charge in [-0.05, 0) is 38.7 Å². The number of thiazole rings is 1. The van der Waals surface area contributed by atoms with Crippen molar-refractivity contribution in [3.63, 3.8) is 0 Å². The van der Waals surface area contributed by atoms with Crippen molar-refractivity contribution in [2.24, 2.45) is 9.50 Å². The highest BCUT2D eigenvalue weighted by atomic mass is 32.2. The van der Waals surface area contributed by atoms with Gasteiger partial charge in [-0.25, -0.2) is 24.1 Å². The van der Waals surface area contributed by atoms with E-state index in [1.165, 1.54) is 13.8 Å². The lowest BCUT2D eigenvalue weighted by Crippen LogP contribution is -2.25. The van der Waals surface area contributed by atoms with Gasteiger partial charge in [0.15, 0.2) is 9.92 Å². The van der Waals surface area contributed by atoms with Crippen LogP contribution in [0.4, 0.5) is 23.7 Å². The molecular weight excluding hydrogens is 459 g/mol. The molecule has 0 saturated carbocycles. The summed E-state index contributed by atoms with van der Waals surface area (Å²) in [7, 11) is -3.80. The fraction of sp³-hybridized carbons (Fsp3) is 0.471. The molecule has 0 aromatic carbocycles. The lowest BCUT2D eigenvalue weighted by atomic mass is 10.1. The number of amides is 2. The van der Waals surface area contributed by atoms with E-state index in [-0.39, 0.29) is 26.2 Å². The van der Waals surface area contributed by atoms with Gasteiger partial charge >= 0.3 is 12.2 Å². The molecule has 2 aromatic rings. The molecule has 2 heterocycles. The van der Waals surface area contributed by atoms with Crippen LogP contribution in [0.3, 0.4) is 0 Å². The molecule has 14 heteroatoms. The maximum atomic E-state index is 13.3. The molecule has 2 aromatic heterocycles. The summed E-state index contributed by atoms with van der Waals surface area (Å²) in [6.07, 6.45) is -2.28. The predicted molar refractivity (Wildman–Crippen MR) is 107 cm³/mol. The van der Waals surface area contributed by atoms with Crippen LogP contribution in [-0.4, -0.2) is 37.0 Å². The summed E-state index contributed by atoms with van der Waals surface area (Å²) >= 11 is 0.695. The Hall–Kier alpha value is -2.13. The Morgan fingerprint density at radius 1 is 1.42 bits per heavy atom. The summed E-state index contributed by atoms with van der Waals surface area (Å²) in [6, 6.07) is -1.19. The highest BCUT2D eigenvalue weighted by Crippen LogP contribution is 2.39. The van der Waals surface area contributed by atoms with E-state index in [2.05, 4.69) is 19.6 Å². The first-order chi connectivity index (χ1) is 14.3. The lowest BCUT2D eigenvalue weighted by molar-refractivity contribution is -0.141. The Morgan fingerprint density at radius 3 is 2.71 bits per heavy atom. The number of carbonyl (C=O) groups excluding carboxylic acids is 1. The minimum absolute atomic E-state index is 0.0106. The van der Waals surface area contributed by atoms with Gasteiger partial charge in [0, 0.05) is 11.3 Å². The van der Waals surface area contributed by atoms with Crippen LogP contribution >= 0.6 is 11.3 Å². The number of halogens is 3. The fourth-order valence-electron chi connectivity index (χ4n) is 3.14. The highest BCUT2D eigenvalue weighted by Gasteiger charge is 2.38. The number of urea groups is 1. The van der Waals surface area contributed by atoms with Crippen LogP contribution in [0, 0.1) is 6.92 Å². The topological polar surface area (TPSA) is 151 Å². The molecule has 2 atom stereocenters. The number of hydrogen-bond donors (Lipinski definition) is 4. The standard InChI is InChI=1S/C17H20F3N5O4S2/c1-8-12(9-4-3-5-10(9)23-13(8)17(18,19)20)24-15(27)25-31(21,29)11-6-22-14(30-11)16(2,28)7-26/h6,26,28H,3-5,7H2,1-2H3,(H3,21,23,24,25,27,29)/t16-,31?/m1/s1. The molecule has 0 fully saturated rings. The van der Waals surface area contributed by atoms with Crippen LogP contribution in [0.25, 0.3) is 0 Å². The molecule has 1 aliphatic rings. The van der Waals surface area contributed by atoms with Gasteiger partial charge in [0.05, 0.1) is 18.5 Å². The number of alkyl halides is 3. The maximum absolute atomic E-state index is 13.3. The molecule has 1 aliphatic carbocycles. The highest BCUT2D eigenvalue weighted by molar-refractivity contribution is 7.93. The molecule has 2 amide bonds. The van der Waals surface area contributed by atoms with Gasteiger partial charge in [0.2, 0.25) is 0 Å². The van der Waals surface area contributed by atoms with Crippen molar-refractivity contribution in [2.75, 3.05) is 11.9 Å². The number of carbonyl (C=O) groups is 1. The Morgan fingerprint density at radius 2 is 2.10 bits per heavy atom. The van der Waals surface area contributed by atoms with E-state index in [0.29, 0.717) is 36.2 Å². The molecule has 0 bridgehead atoms. The van der Waals surface area contributed by atoms with Gasteiger partial charge in [0.1, 0.15) is 20.5 Å². The number of anilines is 1. The van der Waals surface area contributed by atoms with Crippen LogP contribution < -0.4 is 10.5 Å². The first kappa shape index (κ1) is 23.5. The molecule has 0 aliphatic heterocycles. The van der Waals surface area contributed by atoms with Gasteiger partial charge in [-0.3, -0.25) is 0 Å². The van der Waals surface area contributed by atoms with Crippen LogP contribution in [0.5, 0.6) is 0 Å². The molecule has 0 spiro atoms. The van der Waals surface area contributed by atoms with E-state index in [0.717, 1.165) is 6.20 Å². The third-order valence-corrected chi connectivity index (χ3v) is 7.86. The van der Waals surface area contributed by atoms with E-state index >= 15 is 0 Å². The van der Waals surface area contributed by atoms with E-state index in [1.54, 1.807) is 0 Å². The first-order valence-corrected chi connectivity index (χ1v) is 11.4. The smallest absolute Gasteiger partial charge is 0.393 e. The van der Waals surface area contributed by atoms with Crippen molar-refractivity contribution in [1.82, 2.24) is 9.97 Å². The number of aryl methyl sites for hydroxylation is 1. The number of aromatic nitrogens is 2. The maximum Gasteiger partial charge on any atom is 0.433 e. The van der Waals surface area contributed by atoms with Crippen molar-refractivity contribution in [1.29, 1.82) is 0 Å². The quantitative estimate of drug-likeness (QED) is 0.529. The van der Waals surface area contributed by atoms with Gasteiger partial charge < -0.3 is 15.5 Å². The fourth-order valence-corrected chi connectivity index (χ4v) is 5.24. The second-order valence-electron chi connectivity index (χ2n) is 7.24. The molecule has 5 N–H and O–H groups in total. The summed E-state index contributed by atoms with van der Waals surface area (Å²) in [5, 5.41) is 27.2. The van der Waals surface area contributed by atoms with E-state index in [9.17, 15) is 32.4 Å². The van der Waals surface area contributed by atoms with Crippen molar-refractivity contribution in [3.8, 4) is 0 Å². The minimum atomic E-state index is -4.71. The molecule has 0 saturated heterocycles. The zero-order valence-electron chi connectivity index (χ0n) is 16.5. The molecule has 3 rings (SSSR count). The molecule has 1 unspecified atom stereocenters. The first-order valence-electron chi connectivity index (χ1n) is 9.01. The molecular formula is C17H20F3N5O4S2. The number of fused-ring (bicyclic) bond motifs is 1. The van der Waals surface area contributed by atoms with Crippen molar-refractivity contribution in [3.05, 3.63) is 33.7 Å². The Bertz CT molecular complexity index is 1150. The largest absolute Gasteiger partial charge is 0.433 e. The zero-order chi connectivity index (χ0) is 23.2. The molecule has 170 valence electrons. The molecule has 31 heavy (non-hydrogen) atoms. The number of rotatable bonds is 4. The average molecular weight is 480 g/mol. The Labute approximate surface area is 179 Å².